The smallest absolute Gasteiger partial charge is 0.0645 e. The molecule has 3 heteroatoms. The van der Waals surface area contributed by atoms with Crippen LogP contribution in [0.5, 0.6) is 0 Å². The van der Waals surface area contributed by atoms with Crippen molar-refractivity contribution < 1.29 is 4.74 Å². The van der Waals surface area contributed by atoms with Crippen molar-refractivity contribution in [2.75, 3.05) is 33.4 Å². The first-order chi connectivity index (χ1) is 5.84. The van der Waals surface area contributed by atoms with E-state index in [1.165, 1.54) is 19.5 Å². The van der Waals surface area contributed by atoms with Gasteiger partial charge in [-0.2, -0.15) is 0 Å². The molecule has 3 saturated heterocycles. The van der Waals surface area contributed by atoms with Crippen LogP contribution in [0, 0.1) is 0 Å². The monoisotopic (exact) mass is 168 g/mol. The highest BCUT2D eigenvalue weighted by atomic mass is 16.5. The van der Waals surface area contributed by atoms with Crippen molar-refractivity contribution >= 4 is 0 Å². The van der Waals surface area contributed by atoms with Crippen LogP contribution >= 0.6 is 0 Å². The Hall–Kier alpha value is -0.120. The molecule has 2 bridgehead atoms. The molecule has 0 spiro atoms. The normalized spacial score (nSPS) is 43.8. The third-order valence-corrected chi connectivity index (χ3v) is 3.65. The van der Waals surface area contributed by atoms with Crippen molar-refractivity contribution in [1.29, 1.82) is 0 Å². The molecule has 3 nitrogen and oxygen atoms in total. The number of nitrogens with zero attached hydrogens (tertiary/aromatic N) is 2. The third-order valence-electron chi connectivity index (χ3n) is 3.65. The maximum Gasteiger partial charge on any atom is 0.0645 e. The number of rotatable bonds is 1. The topological polar surface area (TPSA) is 15.7 Å². The van der Waals surface area contributed by atoms with Gasteiger partial charge < -0.3 is 9.64 Å². The Labute approximate surface area is 73.3 Å². The molecule has 0 radical (unpaired) electrons. The number of hydrogen-bond acceptors (Lipinski definition) is 3. The quantitative estimate of drug-likeness (QED) is 0.538. The van der Waals surface area contributed by atoms with E-state index in [2.05, 4.69) is 16.8 Å². The first-order valence-electron chi connectivity index (χ1n) is 4.88. The van der Waals surface area contributed by atoms with Crippen LogP contribution in [0.3, 0.4) is 0 Å². The van der Waals surface area contributed by atoms with Gasteiger partial charge in [0.05, 0.1) is 19.3 Å². The van der Waals surface area contributed by atoms with Gasteiger partial charge in [-0.15, -0.1) is 0 Å². The zero-order chi connectivity index (χ0) is 8.13. The summed E-state index contributed by atoms with van der Waals surface area (Å²) in [5.74, 6) is 0. The lowest BCUT2D eigenvalue weighted by Gasteiger charge is -2.41. The predicted octanol–water partition coefficient (Wildman–Crippen LogP) is -0.227. The molecule has 0 unspecified atom stereocenters. The molecule has 3 aliphatic heterocycles. The summed E-state index contributed by atoms with van der Waals surface area (Å²) in [6.45, 7) is 4.52. The number of ether oxygens (including phenoxy) is 1. The summed E-state index contributed by atoms with van der Waals surface area (Å²) < 4.78 is 5.23. The lowest BCUT2D eigenvalue weighted by Crippen LogP contribution is -2.56. The average Bonchev–Trinajstić information content (AvgIpc) is 2.42. The Morgan fingerprint density at radius 2 is 1.92 bits per heavy atom. The number of piperazine rings is 1. The summed E-state index contributed by atoms with van der Waals surface area (Å²) >= 11 is 0. The zero-order valence-electron chi connectivity index (χ0n) is 7.57. The SMILES string of the molecule is CN1C[C@@H]2C[C@H]1CN2C1COC1. The van der Waals surface area contributed by atoms with Gasteiger partial charge in [0.1, 0.15) is 0 Å². The molecule has 0 aromatic rings. The van der Waals surface area contributed by atoms with Crippen molar-refractivity contribution in [2.45, 2.75) is 24.5 Å². The minimum Gasteiger partial charge on any atom is -0.378 e. The van der Waals surface area contributed by atoms with Crippen LogP contribution in [0.25, 0.3) is 0 Å². The van der Waals surface area contributed by atoms with Gasteiger partial charge in [0.25, 0.3) is 0 Å². The van der Waals surface area contributed by atoms with E-state index >= 15 is 0 Å². The van der Waals surface area contributed by atoms with E-state index in [-0.39, 0.29) is 0 Å². The fourth-order valence-corrected chi connectivity index (χ4v) is 2.76. The largest absolute Gasteiger partial charge is 0.378 e. The number of likely N-dealkylation sites (N-methyl/N-ethyl adjacent to an activating group) is 1. The second-order valence-electron chi connectivity index (χ2n) is 4.37. The second kappa shape index (κ2) is 2.44. The van der Waals surface area contributed by atoms with Crippen molar-refractivity contribution in [2.24, 2.45) is 0 Å². The fraction of sp³-hybridized carbons (Fsp3) is 1.00. The first-order valence-corrected chi connectivity index (χ1v) is 4.88. The summed E-state index contributed by atoms with van der Waals surface area (Å²) in [5, 5.41) is 0. The molecule has 3 fully saturated rings. The highest BCUT2D eigenvalue weighted by molar-refractivity contribution is 5.01. The zero-order valence-corrected chi connectivity index (χ0v) is 7.57. The standard InChI is InChI=1S/C9H16N2O/c1-10-3-8-2-7(10)4-11(8)9-5-12-6-9/h7-9H,2-6H2,1H3/t7-,8-/m0/s1. The Bertz CT molecular complexity index is 191. The minimum absolute atomic E-state index is 0.758. The van der Waals surface area contributed by atoms with Crippen LogP contribution in [-0.2, 0) is 4.74 Å². The van der Waals surface area contributed by atoms with E-state index in [0.717, 1.165) is 31.3 Å². The molecule has 0 aliphatic carbocycles. The van der Waals surface area contributed by atoms with E-state index in [9.17, 15) is 0 Å². The van der Waals surface area contributed by atoms with Gasteiger partial charge in [-0.05, 0) is 13.5 Å². The lowest BCUT2D eigenvalue weighted by atomic mass is 10.2. The molecule has 0 N–H and O–H groups in total. The highest BCUT2D eigenvalue weighted by Crippen LogP contribution is 2.32. The number of likely N-dealkylation sites (tertiary alicyclic amines) is 2. The van der Waals surface area contributed by atoms with Crippen molar-refractivity contribution in [1.82, 2.24) is 9.80 Å². The van der Waals surface area contributed by atoms with Crippen LogP contribution in [0.4, 0.5) is 0 Å². The molecular formula is C9H16N2O. The van der Waals surface area contributed by atoms with E-state index < -0.39 is 0 Å². The Balaban J connectivity index is 1.69. The van der Waals surface area contributed by atoms with Crippen LogP contribution in [-0.4, -0.2) is 61.3 Å². The molecule has 2 atom stereocenters. The summed E-state index contributed by atoms with van der Waals surface area (Å²) in [6, 6.07) is 2.44. The van der Waals surface area contributed by atoms with Crippen LogP contribution in [0.2, 0.25) is 0 Å². The predicted molar refractivity (Wildman–Crippen MR) is 46.1 cm³/mol. The van der Waals surface area contributed by atoms with Crippen LogP contribution < -0.4 is 0 Å². The Morgan fingerprint density at radius 3 is 2.33 bits per heavy atom. The average molecular weight is 168 g/mol. The second-order valence-corrected chi connectivity index (χ2v) is 4.37. The third kappa shape index (κ3) is 0.873. The molecule has 0 amide bonds. The van der Waals surface area contributed by atoms with E-state index in [1.54, 1.807) is 0 Å². The molecule has 0 aromatic carbocycles. The highest BCUT2D eigenvalue weighted by Gasteiger charge is 2.45. The number of hydrogen-bond donors (Lipinski definition) is 0. The van der Waals surface area contributed by atoms with E-state index in [4.69, 9.17) is 4.74 Å². The van der Waals surface area contributed by atoms with Crippen molar-refractivity contribution in [3.63, 3.8) is 0 Å². The van der Waals surface area contributed by atoms with Gasteiger partial charge in [-0.1, -0.05) is 0 Å². The van der Waals surface area contributed by atoms with Gasteiger partial charge in [-0.3, -0.25) is 4.90 Å². The molecule has 3 rings (SSSR count). The Morgan fingerprint density at radius 1 is 1.08 bits per heavy atom. The van der Waals surface area contributed by atoms with Crippen molar-refractivity contribution in [3.8, 4) is 0 Å². The fourth-order valence-electron chi connectivity index (χ4n) is 2.76. The Kier molecular flexibility index (Phi) is 1.48. The lowest BCUT2D eigenvalue weighted by molar-refractivity contribution is -0.0785. The van der Waals surface area contributed by atoms with Gasteiger partial charge in [-0.25, -0.2) is 0 Å². The maximum absolute atomic E-state index is 5.23. The van der Waals surface area contributed by atoms with Gasteiger partial charge in [0.2, 0.25) is 0 Å². The maximum atomic E-state index is 5.23. The van der Waals surface area contributed by atoms with Gasteiger partial charge in [0, 0.05) is 25.2 Å². The summed E-state index contributed by atoms with van der Waals surface area (Å²) in [7, 11) is 2.25. The molecule has 0 aromatic heterocycles. The summed E-state index contributed by atoms with van der Waals surface area (Å²) in [4.78, 5) is 5.16. The van der Waals surface area contributed by atoms with E-state index in [0.29, 0.717) is 0 Å². The van der Waals surface area contributed by atoms with Crippen LogP contribution in [0.15, 0.2) is 0 Å². The first kappa shape index (κ1) is 7.30. The summed E-state index contributed by atoms with van der Waals surface area (Å²) in [6.07, 6.45) is 1.40. The summed E-state index contributed by atoms with van der Waals surface area (Å²) in [5.41, 5.74) is 0. The van der Waals surface area contributed by atoms with Gasteiger partial charge in [0.15, 0.2) is 0 Å². The minimum atomic E-state index is 0.758. The van der Waals surface area contributed by atoms with Crippen LogP contribution in [0.1, 0.15) is 6.42 Å². The number of fused-ring (bicyclic) bond motifs is 2. The molecule has 12 heavy (non-hydrogen) atoms. The van der Waals surface area contributed by atoms with Gasteiger partial charge >= 0.3 is 0 Å². The van der Waals surface area contributed by atoms with Crippen molar-refractivity contribution in [3.05, 3.63) is 0 Å². The molecule has 3 aliphatic rings. The molecular weight excluding hydrogens is 152 g/mol. The molecule has 3 heterocycles. The molecule has 68 valence electrons. The molecule has 0 saturated carbocycles. The van der Waals surface area contributed by atoms with E-state index in [1.807, 2.05) is 0 Å².